The van der Waals surface area contributed by atoms with Crippen LogP contribution in [0.2, 0.25) is 5.02 Å². The number of nitrogens with zero attached hydrogens (tertiary/aromatic N) is 2. The zero-order valence-electron chi connectivity index (χ0n) is 18.7. The summed E-state index contributed by atoms with van der Waals surface area (Å²) in [5, 5.41) is 0.0322. The molecule has 2 aromatic rings. The number of nitrogens with one attached hydrogen (secondary N) is 1. The lowest BCUT2D eigenvalue weighted by atomic mass is 10.2. The largest absolute Gasteiger partial charge is 0.449 e. The minimum atomic E-state index is -3.93. The van der Waals surface area contributed by atoms with Crippen molar-refractivity contribution in [2.75, 3.05) is 32.8 Å². The SMILES string of the molecule is CC(C)COC(=O)N1CCN(C(=O)c2ccc(Cl)c(S(=O)(=O)NCc3ccccc3)c2)CC1. The van der Waals surface area contributed by atoms with Crippen molar-refractivity contribution in [1.29, 1.82) is 0 Å². The minimum Gasteiger partial charge on any atom is -0.449 e. The molecular weight excluding hydrogens is 466 g/mol. The van der Waals surface area contributed by atoms with Crippen LogP contribution in [0, 0.1) is 5.92 Å². The number of rotatable bonds is 7. The van der Waals surface area contributed by atoms with Crippen LogP contribution in [0.15, 0.2) is 53.4 Å². The maximum absolute atomic E-state index is 13.0. The fourth-order valence-electron chi connectivity index (χ4n) is 3.30. The number of carbonyl (C=O) groups excluding carboxylic acids is 2. The van der Waals surface area contributed by atoms with Crippen LogP contribution < -0.4 is 4.72 Å². The summed E-state index contributed by atoms with van der Waals surface area (Å²) in [4.78, 5) is 28.1. The Kier molecular flexibility index (Phi) is 8.34. The summed E-state index contributed by atoms with van der Waals surface area (Å²) >= 11 is 6.16. The Hall–Kier alpha value is -2.62. The van der Waals surface area contributed by atoms with Crippen LogP contribution in [0.5, 0.6) is 0 Å². The normalized spacial score (nSPS) is 14.4. The van der Waals surface area contributed by atoms with Crippen molar-refractivity contribution in [2.24, 2.45) is 5.92 Å². The molecule has 0 spiro atoms. The molecule has 1 heterocycles. The average molecular weight is 494 g/mol. The van der Waals surface area contributed by atoms with Gasteiger partial charge in [-0.25, -0.2) is 17.9 Å². The Morgan fingerprint density at radius 1 is 1.03 bits per heavy atom. The molecular formula is C23H28ClN3O5S. The molecule has 0 radical (unpaired) electrons. The maximum Gasteiger partial charge on any atom is 0.409 e. The van der Waals surface area contributed by atoms with Gasteiger partial charge >= 0.3 is 6.09 Å². The van der Waals surface area contributed by atoms with Crippen molar-refractivity contribution >= 4 is 33.6 Å². The first-order valence-corrected chi connectivity index (χ1v) is 12.6. The van der Waals surface area contributed by atoms with Gasteiger partial charge in [0, 0.05) is 38.3 Å². The van der Waals surface area contributed by atoms with E-state index < -0.39 is 10.0 Å². The predicted octanol–water partition coefficient (Wildman–Crippen LogP) is 3.37. The van der Waals surface area contributed by atoms with E-state index in [0.29, 0.717) is 32.8 Å². The number of hydrogen-bond acceptors (Lipinski definition) is 5. The number of sulfonamides is 1. The highest BCUT2D eigenvalue weighted by Gasteiger charge is 2.27. The van der Waals surface area contributed by atoms with Crippen molar-refractivity contribution in [3.8, 4) is 0 Å². The van der Waals surface area contributed by atoms with Crippen LogP contribution in [-0.4, -0.2) is 63.0 Å². The molecule has 0 aromatic heterocycles. The first-order valence-electron chi connectivity index (χ1n) is 10.7. The van der Waals surface area contributed by atoms with Gasteiger partial charge in [0.1, 0.15) is 4.90 Å². The lowest BCUT2D eigenvalue weighted by Crippen LogP contribution is -2.50. The van der Waals surface area contributed by atoms with Gasteiger partial charge < -0.3 is 14.5 Å². The second kappa shape index (κ2) is 11.0. The van der Waals surface area contributed by atoms with Crippen LogP contribution in [0.25, 0.3) is 0 Å². The Morgan fingerprint density at radius 2 is 1.67 bits per heavy atom. The monoisotopic (exact) mass is 493 g/mol. The molecule has 0 bridgehead atoms. The number of amides is 2. The smallest absolute Gasteiger partial charge is 0.409 e. The fraction of sp³-hybridized carbons (Fsp3) is 0.391. The van der Waals surface area contributed by atoms with Gasteiger partial charge in [-0.05, 0) is 29.7 Å². The van der Waals surface area contributed by atoms with Gasteiger partial charge in [0.05, 0.1) is 11.6 Å². The van der Waals surface area contributed by atoms with Crippen molar-refractivity contribution in [1.82, 2.24) is 14.5 Å². The van der Waals surface area contributed by atoms with Gasteiger partial charge in [-0.15, -0.1) is 0 Å². The lowest BCUT2D eigenvalue weighted by molar-refractivity contribution is 0.0535. The van der Waals surface area contributed by atoms with Gasteiger partial charge in [0.25, 0.3) is 5.91 Å². The number of benzene rings is 2. The number of halogens is 1. The Bertz CT molecular complexity index is 1080. The fourth-order valence-corrected chi connectivity index (χ4v) is 4.84. The summed E-state index contributed by atoms with van der Waals surface area (Å²) in [5.41, 5.74) is 1.02. The molecule has 3 rings (SSSR count). The summed E-state index contributed by atoms with van der Waals surface area (Å²) in [7, 11) is -3.93. The Morgan fingerprint density at radius 3 is 2.30 bits per heavy atom. The molecule has 178 valence electrons. The summed E-state index contributed by atoms with van der Waals surface area (Å²) in [6.07, 6.45) is -0.389. The van der Waals surface area contributed by atoms with Crippen LogP contribution in [-0.2, 0) is 21.3 Å². The molecule has 1 aliphatic heterocycles. The molecule has 0 unspecified atom stereocenters. The van der Waals surface area contributed by atoms with Gasteiger partial charge in [-0.3, -0.25) is 4.79 Å². The summed E-state index contributed by atoms with van der Waals surface area (Å²) < 4.78 is 33.4. The molecule has 1 N–H and O–H groups in total. The second-order valence-electron chi connectivity index (χ2n) is 8.21. The van der Waals surface area contributed by atoms with Crippen molar-refractivity contribution < 1.29 is 22.7 Å². The second-order valence-corrected chi connectivity index (χ2v) is 10.3. The third-order valence-corrected chi connectivity index (χ3v) is 7.02. The molecule has 33 heavy (non-hydrogen) atoms. The molecule has 2 aromatic carbocycles. The highest BCUT2D eigenvalue weighted by molar-refractivity contribution is 7.89. The number of hydrogen-bond donors (Lipinski definition) is 1. The minimum absolute atomic E-state index is 0.0322. The zero-order chi connectivity index (χ0) is 24.0. The van der Waals surface area contributed by atoms with E-state index in [1.165, 1.54) is 18.2 Å². The van der Waals surface area contributed by atoms with E-state index >= 15 is 0 Å². The number of carbonyl (C=O) groups is 2. The van der Waals surface area contributed by atoms with E-state index in [0.717, 1.165) is 5.56 Å². The molecule has 2 amide bonds. The van der Waals surface area contributed by atoms with E-state index in [1.807, 2.05) is 44.2 Å². The molecule has 10 heteroatoms. The number of piperazine rings is 1. The Labute approximate surface area is 199 Å². The summed E-state index contributed by atoms with van der Waals surface area (Å²) in [6, 6.07) is 13.3. The highest BCUT2D eigenvalue weighted by atomic mass is 35.5. The van der Waals surface area contributed by atoms with Crippen LogP contribution in [0.4, 0.5) is 4.79 Å². The molecule has 0 atom stereocenters. The molecule has 0 saturated carbocycles. The summed E-state index contributed by atoms with van der Waals surface area (Å²) in [6.45, 7) is 5.72. The van der Waals surface area contributed by atoms with Crippen molar-refractivity contribution in [2.45, 2.75) is 25.3 Å². The third kappa shape index (κ3) is 6.69. The summed E-state index contributed by atoms with van der Waals surface area (Å²) in [5.74, 6) is -0.0734. The van der Waals surface area contributed by atoms with Gasteiger partial charge in [-0.1, -0.05) is 55.8 Å². The maximum atomic E-state index is 13.0. The van der Waals surface area contributed by atoms with E-state index in [4.69, 9.17) is 16.3 Å². The van der Waals surface area contributed by atoms with Gasteiger partial charge in [0.2, 0.25) is 10.0 Å². The predicted molar refractivity (Wildman–Crippen MR) is 126 cm³/mol. The van der Waals surface area contributed by atoms with Crippen LogP contribution in [0.1, 0.15) is 29.8 Å². The van der Waals surface area contributed by atoms with Crippen LogP contribution >= 0.6 is 11.6 Å². The topological polar surface area (TPSA) is 96.0 Å². The third-order valence-electron chi connectivity index (χ3n) is 5.14. The molecule has 8 nitrogen and oxygen atoms in total. The van der Waals surface area contributed by atoms with E-state index in [2.05, 4.69) is 4.72 Å². The van der Waals surface area contributed by atoms with E-state index in [-0.39, 0.29) is 39.9 Å². The van der Waals surface area contributed by atoms with Gasteiger partial charge in [-0.2, -0.15) is 0 Å². The van der Waals surface area contributed by atoms with Crippen molar-refractivity contribution in [3.63, 3.8) is 0 Å². The first kappa shape index (κ1) is 25.0. The zero-order valence-corrected chi connectivity index (χ0v) is 20.2. The van der Waals surface area contributed by atoms with Crippen molar-refractivity contribution in [3.05, 3.63) is 64.7 Å². The molecule has 1 saturated heterocycles. The molecule has 0 aliphatic carbocycles. The van der Waals surface area contributed by atoms with Crippen LogP contribution in [0.3, 0.4) is 0 Å². The standard InChI is InChI=1S/C23H28ClN3O5S/c1-17(2)16-32-23(29)27-12-10-26(11-13-27)22(28)19-8-9-20(24)21(14-19)33(30,31)25-15-18-6-4-3-5-7-18/h3-9,14,17,25H,10-13,15-16H2,1-2H3. The molecule has 1 aliphatic rings. The quantitative estimate of drug-likeness (QED) is 0.638. The highest BCUT2D eigenvalue weighted by Crippen LogP contribution is 2.24. The lowest BCUT2D eigenvalue weighted by Gasteiger charge is -2.34. The van der Waals surface area contributed by atoms with Gasteiger partial charge in [0.15, 0.2) is 0 Å². The van der Waals surface area contributed by atoms with E-state index in [1.54, 1.807) is 9.80 Å². The molecule has 1 fully saturated rings. The first-order chi connectivity index (χ1) is 15.7. The Balaban J connectivity index is 1.65. The van der Waals surface area contributed by atoms with E-state index in [9.17, 15) is 18.0 Å². The number of ether oxygens (including phenoxy) is 1. The average Bonchev–Trinajstić information content (AvgIpc) is 2.82.